The molecule has 0 rings (SSSR count). The minimum Gasteiger partial charge on any atom is -0.415 e. The van der Waals surface area contributed by atoms with Gasteiger partial charge in [-0.15, -0.1) is 0 Å². The van der Waals surface area contributed by atoms with Gasteiger partial charge in [-0.05, 0) is 38.4 Å². The van der Waals surface area contributed by atoms with Gasteiger partial charge in [0.2, 0.25) is 0 Å². The zero-order valence-electron chi connectivity index (χ0n) is 14.5. The third kappa shape index (κ3) is 4.50. The Bertz CT molecular complexity index is 262. The molecule has 0 amide bonds. The summed E-state index contributed by atoms with van der Waals surface area (Å²) in [6.45, 7) is 23.8. The van der Waals surface area contributed by atoms with E-state index in [-0.39, 0.29) is 5.22 Å². The molecule has 0 N–H and O–H groups in total. The maximum Gasteiger partial charge on any atom is 0.192 e. The van der Waals surface area contributed by atoms with Crippen LogP contribution < -0.4 is 0 Å². The first kappa shape index (κ1) is 18.4. The normalized spacial score (nSPS) is 15.0. The van der Waals surface area contributed by atoms with Crippen molar-refractivity contribution < 1.29 is 4.43 Å². The maximum absolute atomic E-state index is 6.75. The van der Waals surface area contributed by atoms with E-state index >= 15 is 0 Å². The van der Waals surface area contributed by atoms with Crippen molar-refractivity contribution in [1.82, 2.24) is 0 Å². The van der Waals surface area contributed by atoms with E-state index in [0.29, 0.717) is 5.04 Å². The van der Waals surface area contributed by atoms with Crippen LogP contribution in [0.1, 0.15) is 53.9 Å². The van der Waals surface area contributed by atoms with Gasteiger partial charge in [0.05, 0.1) is 8.07 Å². The number of hydrogen-bond donors (Lipinski definition) is 0. The lowest BCUT2D eigenvalue weighted by Gasteiger charge is -2.49. The topological polar surface area (TPSA) is 9.23 Å². The Kier molecular flexibility index (Phi) is 5.93. The summed E-state index contributed by atoms with van der Waals surface area (Å²) in [5.74, 6) is 0. The summed E-state index contributed by atoms with van der Waals surface area (Å²) in [5.41, 5.74) is 0. The molecule has 0 aliphatic carbocycles. The van der Waals surface area contributed by atoms with Crippen LogP contribution in [0.4, 0.5) is 0 Å². The lowest BCUT2D eigenvalue weighted by Crippen LogP contribution is -2.57. The van der Waals surface area contributed by atoms with Crippen LogP contribution in [0.25, 0.3) is 0 Å². The van der Waals surface area contributed by atoms with E-state index in [9.17, 15) is 0 Å². The Hall–Kier alpha value is 0.394. The summed E-state index contributed by atoms with van der Waals surface area (Å²) in [4.78, 5) is 0. The molecule has 0 saturated heterocycles. The first-order chi connectivity index (χ1) is 7.77. The van der Waals surface area contributed by atoms with E-state index in [4.69, 9.17) is 4.43 Å². The van der Waals surface area contributed by atoms with Crippen molar-refractivity contribution in [3.63, 3.8) is 0 Å². The van der Waals surface area contributed by atoms with Crippen LogP contribution in [0, 0.1) is 0 Å². The van der Waals surface area contributed by atoms with Crippen molar-refractivity contribution in [2.45, 2.75) is 96.9 Å². The van der Waals surface area contributed by atoms with Gasteiger partial charge in [0.1, 0.15) is 0 Å². The van der Waals surface area contributed by atoms with Gasteiger partial charge in [-0.3, -0.25) is 0 Å². The van der Waals surface area contributed by atoms with Crippen molar-refractivity contribution >= 4 is 16.4 Å². The molecule has 0 aromatic carbocycles. The average Bonchev–Trinajstić information content (AvgIpc) is 2.10. The number of hydrogen-bond acceptors (Lipinski definition) is 1. The van der Waals surface area contributed by atoms with Gasteiger partial charge >= 0.3 is 0 Å². The molecule has 0 radical (unpaired) electrons. The minimum atomic E-state index is -1.68. The molecule has 0 aromatic heterocycles. The molecule has 18 heavy (non-hydrogen) atoms. The highest BCUT2D eigenvalue weighted by Gasteiger charge is 2.47. The summed E-state index contributed by atoms with van der Waals surface area (Å²) >= 11 is 0. The average molecular weight is 289 g/mol. The molecule has 0 unspecified atom stereocenters. The monoisotopic (exact) mass is 288 g/mol. The van der Waals surface area contributed by atoms with Crippen LogP contribution in [-0.4, -0.2) is 21.6 Å². The van der Waals surface area contributed by atoms with Crippen LogP contribution in [0.5, 0.6) is 0 Å². The Labute approximate surface area is 118 Å². The van der Waals surface area contributed by atoms with Gasteiger partial charge in [-0.25, -0.2) is 0 Å². The first-order valence-electron chi connectivity index (χ1n) is 7.47. The second-order valence-electron chi connectivity index (χ2n) is 8.36. The van der Waals surface area contributed by atoms with Crippen molar-refractivity contribution in [3.8, 4) is 0 Å². The Balaban J connectivity index is 4.94. The third-order valence-electron chi connectivity index (χ3n) is 5.10. The molecule has 0 bridgehead atoms. The Morgan fingerprint density at radius 2 is 1.33 bits per heavy atom. The summed E-state index contributed by atoms with van der Waals surface area (Å²) in [7, 11) is -2.97. The van der Waals surface area contributed by atoms with Gasteiger partial charge in [0.25, 0.3) is 0 Å². The van der Waals surface area contributed by atoms with E-state index in [2.05, 4.69) is 67.4 Å². The standard InChI is InChI=1S/C15H36OSi2/c1-11-12-13-14(2,3)18(9,10)16-15(4,5)17(6,7)8/h11-13H2,1-10H3. The zero-order chi connectivity index (χ0) is 14.8. The van der Waals surface area contributed by atoms with Crippen LogP contribution in [0.2, 0.25) is 37.8 Å². The van der Waals surface area contributed by atoms with Crippen LogP contribution in [0.3, 0.4) is 0 Å². The van der Waals surface area contributed by atoms with Gasteiger partial charge in [0, 0.05) is 5.22 Å². The number of unbranched alkanes of at least 4 members (excludes halogenated alkanes) is 1. The second kappa shape index (κ2) is 5.80. The first-order valence-corrected chi connectivity index (χ1v) is 13.9. The van der Waals surface area contributed by atoms with Crippen LogP contribution >= 0.6 is 0 Å². The molecular weight excluding hydrogens is 252 g/mol. The smallest absolute Gasteiger partial charge is 0.192 e. The molecule has 1 nitrogen and oxygen atoms in total. The molecule has 0 aromatic rings. The van der Waals surface area contributed by atoms with Crippen molar-refractivity contribution in [2.24, 2.45) is 0 Å². The summed E-state index contributed by atoms with van der Waals surface area (Å²) in [5, 5.41) is 0.437. The largest absolute Gasteiger partial charge is 0.415 e. The molecule has 0 atom stereocenters. The zero-order valence-corrected chi connectivity index (χ0v) is 16.5. The van der Waals surface area contributed by atoms with Gasteiger partial charge in [0.15, 0.2) is 8.32 Å². The highest BCUT2D eigenvalue weighted by molar-refractivity contribution is 6.81. The molecule has 0 saturated carbocycles. The van der Waals surface area contributed by atoms with E-state index in [1.54, 1.807) is 0 Å². The van der Waals surface area contributed by atoms with Gasteiger partial charge in [-0.1, -0.05) is 53.3 Å². The molecule has 110 valence electrons. The predicted molar refractivity (Wildman–Crippen MR) is 89.6 cm³/mol. The third-order valence-corrected chi connectivity index (χ3v) is 13.6. The summed E-state index contributed by atoms with van der Waals surface area (Å²) in [6, 6.07) is 0. The quantitative estimate of drug-likeness (QED) is 0.535. The number of rotatable bonds is 7. The molecule has 0 spiro atoms. The summed E-state index contributed by atoms with van der Waals surface area (Å²) in [6.07, 6.45) is 3.90. The van der Waals surface area contributed by atoms with E-state index < -0.39 is 16.4 Å². The Morgan fingerprint density at radius 3 is 1.67 bits per heavy atom. The molecule has 0 aliphatic rings. The molecule has 0 heterocycles. The lowest BCUT2D eigenvalue weighted by molar-refractivity contribution is 0.160. The lowest BCUT2D eigenvalue weighted by atomic mass is 10.1. The molecule has 0 aliphatic heterocycles. The van der Waals surface area contributed by atoms with Crippen molar-refractivity contribution in [3.05, 3.63) is 0 Å². The molecule has 0 fully saturated rings. The van der Waals surface area contributed by atoms with Gasteiger partial charge < -0.3 is 4.43 Å². The maximum atomic E-state index is 6.75. The highest BCUT2D eigenvalue weighted by atomic mass is 28.4. The second-order valence-corrected chi connectivity index (χ2v) is 18.6. The molecular formula is C15H36OSi2. The van der Waals surface area contributed by atoms with E-state index in [0.717, 1.165) is 0 Å². The van der Waals surface area contributed by atoms with E-state index in [1.807, 2.05) is 0 Å². The van der Waals surface area contributed by atoms with Gasteiger partial charge in [-0.2, -0.15) is 0 Å². The minimum absolute atomic E-state index is 0.0756. The summed E-state index contributed by atoms with van der Waals surface area (Å²) < 4.78 is 6.75. The SMILES string of the molecule is CCCCC(C)(C)[Si](C)(C)OC(C)(C)[Si](C)(C)C. The predicted octanol–water partition coefficient (Wildman–Crippen LogP) is 5.83. The van der Waals surface area contributed by atoms with Crippen molar-refractivity contribution in [1.29, 1.82) is 0 Å². The fraction of sp³-hybridized carbons (Fsp3) is 1.00. The molecule has 3 heteroatoms. The Morgan fingerprint density at radius 1 is 0.889 bits per heavy atom. The van der Waals surface area contributed by atoms with Crippen LogP contribution in [-0.2, 0) is 4.43 Å². The van der Waals surface area contributed by atoms with E-state index in [1.165, 1.54) is 19.3 Å². The fourth-order valence-electron chi connectivity index (χ4n) is 1.85. The fourth-order valence-corrected chi connectivity index (χ4v) is 6.17. The van der Waals surface area contributed by atoms with Crippen LogP contribution in [0.15, 0.2) is 0 Å². The highest BCUT2D eigenvalue weighted by Crippen LogP contribution is 2.45. The van der Waals surface area contributed by atoms with Crippen molar-refractivity contribution in [2.75, 3.05) is 0 Å².